The van der Waals surface area contributed by atoms with Gasteiger partial charge in [0.1, 0.15) is 10.8 Å². The van der Waals surface area contributed by atoms with E-state index >= 15 is 0 Å². The molecule has 0 spiro atoms. The third-order valence-electron chi connectivity index (χ3n) is 2.75. The zero-order chi connectivity index (χ0) is 15.5. The van der Waals surface area contributed by atoms with Crippen molar-refractivity contribution in [2.45, 2.75) is 26.3 Å². The molecule has 0 bridgehead atoms. The third kappa shape index (κ3) is 4.18. The Labute approximate surface area is 124 Å². The molecule has 1 aromatic heterocycles. The lowest BCUT2D eigenvalue weighted by molar-refractivity contribution is -0.275. The fourth-order valence-electron chi connectivity index (χ4n) is 1.98. The first-order valence-corrected chi connectivity index (χ1v) is 7.28. The van der Waals surface area contributed by atoms with E-state index in [9.17, 15) is 13.2 Å². The van der Waals surface area contributed by atoms with Crippen molar-refractivity contribution in [2.75, 3.05) is 6.54 Å². The van der Waals surface area contributed by atoms with E-state index in [1.807, 2.05) is 19.2 Å². The maximum atomic E-state index is 12.5. The van der Waals surface area contributed by atoms with Gasteiger partial charge in [0.15, 0.2) is 0 Å². The van der Waals surface area contributed by atoms with E-state index in [1.54, 1.807) is 12.1 Å². The normalized spacial score (nSPS) is 13.2. The van der Waals surface area contributed by atoms with E-state index in [-0.39, 0.29) is 5.75 Å². The number of thiazole rings is 1. The van der Waals surface area contributed by atoms with Gasteiger partial charge in [0.25, 0.3) is 0 Å². The van der Waals surface area contributed by atoms with Crippen LogP contribution in [0.15, 0.2) is 29.6 Å². The first-order valence-electron chi connectivity index (χ1n) is 6.40. The van der Waals surface area contributed by atoms with Crippen LogP contribution in [0.25, 0.3) is 0 Å². The summed E-state index contributed by atoms with van der Waals surface area (Å²) in [6.07, 6.45) is -4.72. The number of halogens is 3. The summed E-state index contributed by atoms with van der Waals surface area (Å²) in [4.78, 5) is 4.36. The highest BCUT2D eigenvalue weighted by atomic mass is 32.1. The maximum absolute atomic E-state index is 12.5. The summed E-state index contributed by atoms with van der Waals surface area (Å²) >= 11 is 1.41. The van der Waals surface area contributed by atoms with Gasteiger partial charge < -0.3 is 10.1 Å². The van der Waals surface area contributed by atoms with Crippen LogP contribution in [0.5, 0.6) is 5.75 Å². The highest BCUT2D eigenvalue weighted by Gasteiger charge is 2.33. The fourth-order valence-corrected chi connectivity index (χ4v) is 2.86. The van der Waals surface area contributed by atoms with Crippen LogP contribution in [0.2, 0.25) is 0 Å². The van der Waals surface area contributed by atoms with E-state index in [4.69, 9.17) is 0 Å². The van der Waals surface area contributed by atoms with Crippen LogP contribution in [0.4, 0.5) is 13.2 Å². The Morgan fingerprint density at radius 3 is 2.62 bits per heavy atom. The smallest absolute Gasteiger partial charge is 0.405 e. The lowest BCUT2D eigenvalue weighted by Gasteiger charge is -2.20. The number of rotatable bonds is 5. The lowest BCUT2D eigenvalue weighted by Crippen LogP contribution is -2.24. The molecule has 3 nitrogen and oxygen atoms in total. The molecule has 1 N–H and O–H groups in total. The summed E-state index contributed by atoms with van der Waals surface area (Å²) in [5.74, 6) is -0.205. The first-order chi connectivity index (χ1) is 9.90. The number of nitrogens with one attached hydrogen (secondary N) is 1. The van der Waals surface area contributed by atoms with E-state index < -0.39 is 12.4 Å². The molecule has 114 valence electrons. The monoisotopic (exact) mass is 316 g/mol. The van der Waals surface area contributed by atoms with Gasteiger partial charge in [0.05, 0.1) is 6.04 Å². The zero-order valence-electron chi connectivity index (χ0n) is 11.6. The second-order valence-electron chi connectivity index (χ2n) is 4.40. The molecule has 1 unspecified atom stereocenters. The molecule has 0 radical (unpaired) electrons. The summed E-state index contributed by atoms with van der Waals surface area (Å²) < 4.78 is 41.7. The number of hydrogen-bond acceptors (Lipinski definition) is 4. The van der Waals surface area contributed by atoms with Gasteiger partial charge >= 0.3 is 6.36 Å². The second kappa shape index (κ2) is 6.44. The molecule has 0 saturated carbocycles. The molecule has 0 aliphatic heterocycles. The van der Waals surface area contributed by atoms with Crippen LogP contribution in [-0.4, -0.2) is 17.9 Å². The van der Waals surface area contributed by atoms with Crippen molar-refractivity contribution in [2.24, 2.45) is 0 Å². The topological polar surface area (TPSA) is 34.2 Å². The minimum atomic E-state index is -4.72. The molecule has 0 fully saturated rings. The predicted octanol–water partition coefficient (Wildman–Crippen LogP) is 4.05. The number of alkyl halides is 3. The van der Waals surface area contributed by atoms with Crippen molar-refractivity contribution in [3.05, 3.63) is 45.9 Å². The van der Waals surface area contributed by atoms with Crippen molar-refractivity contribution < 1.29 is 17.9 Å². The van der Waals surface area contributed by atoms with Gasteiger partial charge in [-0.05, 0) is 19.5 Å². The molecule has 1 heterocycles. The average molecular weight is 316 g/mol. The third-order valence-corrected chi connectivity index (χ3v) is 3.78. The van der Waals surface area contributed by atoms with Crippen LogP contribution in [-0.2, 0) is 0 Å². The Morgan fingerprint density at radius 2 is 2.05 bits per heavy atom. The van der Waals surface area contributed by atoms with Crippen molar-refractivity contribution in [3.63, 3.8) is 0 Å². The molecule has 0 amide bonds. The van der Waals surface area contributed by atoms with E-state index in [2.05, 4.69) is 15.0 Å². The lowest BCUT2D eigenvalue weighted by atomic mass is 10.1. The van der Waals surface area contributed by atoms with Crippen LogP contribution in [0.1, 0.15) is 29.2 Å². The predicted molar refractivity (Wildman–Crippen MR) is 75.5 cm³/mol. The standard InChI is InChI=1S/C14H15F3N2OS/c1-3-18-12(13-19-9(2)8-21-13)10-6-4-5-7-11(10)20-14(15,16)17/h4-8,12,18H,3H2,1-2H3. The van der Waals surface area contributed by atoms with Crippen LogP contribution in [0.3, 0.4) is 0 Å². The molecule has 0 saturated heterocycles. The first kappa shape index (κ1) is 15.8. The SMILES string of the molecule is CCNC(c1nc(C)cs1)c1ccccc1OC(F)(F)F. The Kier molecular flexibility index (Phi) is 4.84. The summed E-state index contributed by atoms with van der Waals surface area (Å²) in [7, 11) is 0. The summed E-state index contributed by atoms with van der Waals surface area (Å²) in [5, 5.41) is 5.74. The quantitative estimate of drug-likeness (QED) is 0.903. The molecular formula is C14H15F3N2OS. The summed E-state index contributed by atoms with van der Waals surface area (Å²) in [5.41, 5.74) is 1.26. The van der Waals surface area contributed by atoms with Crippen molar-refractivity contribution in [1.29, 1.82) is 0 Å². The molecule has 1 aromatic carbocycles. The second-order valence-corrected chi connectivity index (χ2v) is 5.29. The Hall–Kier alpha value is -1.60. The summed E-state index contributed by atoms with van der Waals surface area (Å²) in [6, 6.07) is 5.70. The average Bonchev–Trinajstić information content (AvgIpc) is 2.82. The Morgan fingerprint density at radius 1 is 1.33 bits per heavy atom. The number of benzene rings is 1. The Bertz CT molecular complexity index is 598. The van der Waals surface area contributed by atoms with E-state index in [0.717, 1.165) is 5.69 Å². The van der Waals surface area contributed by atoms with Gasteiger partial charge in [-0.15, -0.1) is 24.5 Å². The Balaban J connectivity index is 2.41. The van der Waals surface area contributed by atoms with Crippen LogP contribution >= 0.6 is 11.3 Å². The summed E-state index contributed by atoms with van der Waals surface area (Å²) in [6.45, 7) is 4.34. The van der Waals surface area contributed by atoms with Crippen molar-refractivity contribution >= 4 is 11.3 Å². The molecule has 2 rings (SSSR count). The minimum Gasteiger partial charge on any atom is -0.405 e. The fraction of sp³-hybridized carbons (Fsp3) is 0.357. The molecule has 1 atom stereocenters. The van der Waals surface area contributed by atoms with Crippen LogP contribution < -0.4 is 10.1 Å². The molecule has 2 aromatic rings. The molecule has 7 heteroatoms. The number of nitrogens with zero attached hydrogens (tertiary/aromatic N) is 1. The number of aromatic nitrogens is 1. The molecular weight excluding hydrogens is 301 g/mol. The molecule has 21 heavy (non-hydrogen) atoms. The zero-order valence-corrected chi connectivity index (χ0v) is 12.4. The number of aryl methyl sites for hydroxylation is 1. The van der Waals surface area contributed by atoms with Gasteiger partial charge in [-0.3, -0.25) is 0 Å². The largest absolute Gasteiger partial charge is 0.573 e. The number of hydrogen-bond donors (Lipinski definition) is 1. The van der Waals surface area contributed by atoms with Crippen LogP contribution in [0, 0.1) is 6.92 Å². The van der Waals surface area contributed by atoms with Gasteiger partial charge in [0, 0.05) is 16.6 Å². The molecule has 0 aliphatic rings. The van der Waals surface area contributed by atoms with Gasteiger partial charge in [-0.1, -0.05) is 25.1 Å². The van der Waals surface area contributed by atoms with Gasteiger partial charge in [0.2, 0.25) is 0 Å². The van der Waals surface area contributed by atoms with E-state index in [1.165, 1.54) is 23.5 Å². The minimum absolute atomic E-state index is 0.205. The van der Waals surface area contributed by atoms with Crippen molar-refractivity contribution in [3.8, 4) is 5.75 Å². The highest BCUT2D eigenvalue weighted by Crippen LogP contribution is 2.34. The van der Waals surface area contributed by atoms with E-state index in [0.29, 0.717) is 17.1 Å². The molecule has 0 aliphatic carbocycles. The van der Waals surface area contributed by atoms with Crippen molar-refractivity contribution in [1.82, 2.24) is 10.3 Å². The number of para-hydroxylation sites is 1. The van der Waals surface area contributed by atoms with Gasteiger partial charge in [-0.2, -0.15) is 0 Å². The highest BCUT2D eigenvalue weighted by molar-refractivity contribution is 7.09. The maximum Gasteiger partial charge on any atom is 0.573 e. The number of ether oxygens (including phenoxy) is 1. The van der Waals surface area contributed by atoms with Gasteiger partial charge in [-0.25, -0.2) is 4.98 Å².